The van der Waals surface area contributed by atoms with Gasteiger partial charge in [-0.1, -0.05) is 30.3 Å². The van der Waals surface area contributed by atoms with Gasteiger partial charge in [0.2, 0.25) is 17.7 Å². The van der Waals surface area contributed by atoms with E-state index in [9.17, 15) is 27.6 Å². The van der Waals surface area contributed by atoms with Crippen LogP contribution in [0.4, 0.5) is 18.9 Å². The first-order valence-corrected chi connectivity index (χ1v) is 13.1. The van der Waals surface area contributed by atoms with E-state index in [0.29, 0.717) is 24.3 Å². The van der Waals surface area contributed by atoms with Crippen molar-refractivity contribution in [3.63, 3.8) is 0 Å². The number of pyridine rings is 1. The number of alkyl halides is 3. The number of nitrogens with two attached hydrogens (primary N) is 3. The minimum atomic E-state index is -4.51. The lowest BCUT2D eigenvalue weighted by molar-refractivity contribution is -0.137. The van der Waals surface area contributed by atoms with Gasteiger partial charge in [-0.25, -0.2) is 0 Å². The first-order chi connectivity index (χ1) is 19.5. The molecule has 0 spiro atoms. The zero-order chi connectivity index (χ0) is 30.0. The fourth-order valence-electron chi connectivity index (χ4n) is 4.16. The summed E-state index contributed by atoms with van der Waals surface area (Å²) in [7, 11) is 0. The number of nitrogens with one attached hydrogen (secondary N) is 2. The number of hydrogen-bond acceptors (Lipinski definition) is 7. The van der Waals surface area contributed by atoms with Gasteiger partial charge < -0.3 is 32.7 Å². The van der Waals surface area contributed by atoms with Gasteiger partial charge in [-0.3, -0.25) is 19.4 Å². The maximum atomic E-state index is 13.3. The van der Waals surface area contributed by atoms with E-state index < -0.39 is 35.6 Å². The number of carbonyl (C=O) groups excluding carboxylic acids is 3. The average molecular weight is 574 g/mol. The Balaban J connectivity index is 1.73. The predicted molar refractivity (Wildman–Crippen MR) is 149 cm³/mol. The van der Waals surface area contributed by atoms with Gasteiger partial charge >= 0.3 is 6.18 Å². The van der Waals surface area contributed by atoms with E-state index >= 15 is 0 Å². The van der Waals surface area contributed by atoms with Crippen LogP contribution in [0.15, 0.2) is 60.8 Å². The van der Waals surface area contributed by atoms with Crippen molar-refractivity contribution in [3.05, 3.63) is 71.9 Å². The first kappa shape index (κ1) is 31.5. The smallest absolute Gasteiger partial charge is 0.343 e. The molecule has 1 heterocycles. The first-order valence-electron chi connectivity index (χ1n) is 13.1. The Bertz CT molecular complexity index is 1330. The van der Waals surface area contributed by atoms with E-state index in [2.05, 4.69) is 15.6 Å². The minimum Gasteiger partial charge on any atom is -0.343 e. The summed E-state index contributed by atoms with van der Waals surface area (Å²) in [6.07, 6.45) is -3.19. The zero-order valence-electron chi connectivity index (χ0n) is 22.4. The van der Waals surface area contributed by atoms with Crippen molar-refractivity contribution in [1.82, 2.24) is 15.2 Å². The van der Waals surface area contributed by atoms with E-state index in [1.807, 2.05) is 24.3 Å². The number of benzene rings is 2. The molecule has 1 aromatic heterocycles. The highest BCUT2D eigenvalue weighted by atomic mass is 19.4. The topological polar surface area (TPSA) is 169 Å². The highest BCUT2D eigenvalue weighted by Gasteiger charge is 2.30. The number of para-hydroxylation sites is 1. The summed E-state index contributed by atoms with van der Waals surface area (Å²) in [5, 5.41) is 6.07. The number of anilines is 1. The summed E-state index contributed by atoms with van der Waals surface area (Å²) < 4.78 is 39.0. The van der Waals surface area contributed by atoms with Crippen molar-refractivity contribution < 1.29 is 27.6 Å². The number of nitrogens with zero attached hydrogens (tertiary/aromatic N) is 2. The van der Waals surface area contributed by atoms with Crippen molar-refractivity contribution >= 4 is 34.3 Å². The van der Waals surface area contributed by atoms with Crippen LogP contribution in [0.5, 0.6) is 0 Å². The SMILES string of the molecule is NCCN(CCN)C(=O)CC[C@H](N)C(=O)N[C@@H](Cc1ccc(C(F)(F)F)cc1)C(=O)Nc1cnc2ccccc2c1. The Kier molecular flexibility index (Phi) is 11.1. The van der Waals surface area contributed by atoms with Crippen LogP contribution in [0.2, 0.25) is 0 Å². The highest BCUT2D eigenvalue weighted by molar-refractivity contribution is 5.99. The summed E-state index contributed by atoms with van der Waals surface area (Å²) in [6.45, 7) is 1.14. The second kappa shape index (κ2) is 14.5. The third-order valence-corrected chi connectivity index (χ3v) is 6.37. The molecule has 0 saturated heterocycles. The molecule has 10 nitrogen and oxygen atoms in total. The van der Waals surface area contributed by atoms with E-state index in [-0.39, 0.29) is 38.3 Å². The molecule has 0 aliphatic heterocycles. The molecule has 0 bridgehead atoms. The van der Waals surface area contributed by atoms with Crippen molar-refractivity contribution in [3.8, 4) is 0 Å². The summed E-state index contributed by atoms with van der Waals surface area (Å²) >= 11 is 0. The Morgan fingerprint density at radius 1 is 0.951 bits per heavy atom. The molecule has 13 heteroatoms. The average Bonchev–Trinajstić information content (AvgIpc) is 2.94. The minimum absolute atomic E-state index is 0.000473. The Morgan fingerprint density at radius 2 is 1.61 bits per heavy atom. The van der Waals surface area contributed by atoms with Gasteiger partial charge in [0.25, 0.3) is 0 Å². The van der Waals surface area contributed by atoms with Gasteiger partial charge in [-0.2, -0.15) is 13.2 Å². The molecule has 0 saturated carbocycles. The van der Waals surface area contributed by atoms with Crippen LogP contribution in [0, 0.1) is 0 Å². The van der Waals surface area contributed by atoms with Gasteiger partial charge in [0, 0.05) is 44.4 Å². The molecule has 0 aliphatic rings. The number of fused-ring (bicyclic) bond motifs is 1. The van der Waals surface area contributed by atoms with Crippen LogP contribution in [0.25, 0.3) is 10.9 Å². The Morgan fingerprint density at radius 3 is 2.24 bits per heavy atom. The number of amides is 3. The van der Waals surface area contributed by atoms with Gasteiger partial charge in [-0.15, -0.1) is 0 Å². The van der Waals surface area contributed by atoms with Gasteiger partial charge in [0.1, 0.15) is 6.04 Å². The lowest BCUT2D eigenvalue weighted by atomic mass is 10.0. The number of halogens is 3. The van der Waals surface area contributed by atoms with Crippen molar-refractivity contribution in [2.45, 2.75) is 37.5 Å². The quantitative estimate of drug-likeness (QED) is 0.208. The molecule has 3 rings (SSSR count). The Hall–Kier alpha value is -4.07. The molecule has 3 aromatic rings. The molecule has 0 unspecified atom stereocenters. The monoisotopic (exact) mass is 573 g/mol. The molecule has 8 N–H and O–H groups in total. The standard InChI is InChI=1S/C28H34F3N7O3/c29-28(30,31)20-7-5-18(6-8-20)15-24(27(41)36-21-16-19-3-1-2-4-23(19)35-17-21)37-26(40)22(34)9-10-25(39)38(13-11-32)14-12-33/h1-8,16-17,22,24H,9-15,32-34H2,(H,36,41)(H,37,40)/t22-,24-/m0/s1. The molecule has 3 amide bonds. The lowest BCUT2D eigenvalue weighted by Crippen LogP contribution is -2.51. The fourth-order valence-corrected chi connectivity index (χ4v) is 4.16. The summed E-state index contributed by atoms with van der Waals surface area (Å²) in [6, 6.07) is 11.0. The van der Waals surface area contributed by atoms with E-state index in [0.717, 1.165) is 23.0 Å². The van der Waals surface area contributed by atoms with Crippen molar-refractivity contribution in [2.24, 2.45) is 17.2 Å². The van der Waals surface area contributed by atoms with Gasteiger partial charge in [0.05, 0.1) is 29.0 Å². The number of carbonyl (C=O) groups is 3. The molecule has 220 valence electrons. The summed E-state index contributed by atoms with van der Waals surface area (Å²) in [4.78, 5) is 44.5. The molecule has 0 radical (unpaired) electrons. The van der Waals surface area contributed by atoms with E-state index in [1.165, 1.54) is 23.2 Å². The van der Waals surface area contributed by atoms with Gasteiger partial charge in [-0.05, 0) is 36.2 Å². The zero-order valence-corrected chi connectivity index (χ0v) is 22.4. The third kappa shape index (κ3) is 9.23. The molecule has 0 fully saturated rings. The largest absolute Gasteiger partial charge is 0.416 e. The maximum absolute atomic E-state index is 13.3. The molecule has 2 aromatic carbocycles. The van der Waals surface area contributed by atoms with E-state index in [4.69, 9.17) is 17.2 Å². The third-order valence-electron chi connectivity index (χ3n) is 6.37. The predicted octanol–water partition coefficient (Wildman–Crippen LogP) is 1.77. The summed E-state index contributed by atoms with van der Waals surface area (Å²) in [5.41, 5.74) is 17.8. The van der Waals surface area contributed by atoms with E-state index in [1.54, 1.807) is 6.07 Å². The van der Waals surface area contributed by atoms with Crippen LogP contribution in [0.1, 0.15) is 24.0 Å². The second-order valence-corrected chi connectivity index (χ2v) is 9.47. The Labute approximate surface area is 235 Å². The summed E-state index contributed by atoms with van der Waals surface area (Å²) in [5.74, 6) is -1.56. The van der Waals surface area contributed by atoms with Crippen LogP contribution < -0.4 is 27.8 Å². The lowest BCUT2D eigenvalue weighted by Gasteiger charge is -2.23. The molecule has 0 aliphatic carbocycles. The molecule has 2 atom stereocenters. The highest BCUT2D eigenvalue weighted by Crippen LogP contribution is 2.29. The number of hydrogen-bond donors (Lipinski definition) is 5. The van der Waals surface area contributed by atoms with Crippen molar-refractivity contribution in [2.75, 3.05) is 31.5 Å². The van der Waals surface area contributed by atoms with Gasteiger partial charge in [0.15, 0.2) is 0 Å². The molecule has 41 heavy (non-hydrogen) atoms. The van der Waals surface area contributed by atoms with Crippen LogP contribution in [0.3, 0.4) is 0 Å². The normalized spacial score (nSPS) is 12.9. The van der Waals surface area contributed by atoms with Crippen molar-refractivity contribution in [1.29, 1.82) is 0 Å². The number of aromatic nitrogens is 1. The fraction of sp³-hybridized carbons (Fsp3) is 0.357. The van der Waals surface area contributed by atoms with Crippen LogP contribution >= 0.6 is 0 Å². The molecular weight excluding hydrogens is 539 g/mol. The van der Waals surface area contributed by atoms with Crippen LogP contribution in [-0.2, 0) is 27.0 Å². The maximum Gasteiger partial charge on any atom is 0.416 e. The number of rotatable bonds is 13. The molecular formula is C28H34F3N7O3. The second-order valence-electron chi connectivity index (χ2n) is 9.47. The van der Waals surface area contributed by atoms with Crippen LogP contribution in [-0.4, -0.2) is 65.9 Å².